The second-order valence-electron chi connectivity index (χ2n) is 2.37. The minimum atomic E-state index is -0.719. The Morgan fingerprint density at radius 3 is 2.70 bits per heavy atom. The minimum Gasteiger partial charge on any atom is -0.390 e. The lowest BCUT2D eigenvalue weighted by Crippen LogP contribution is -2.37. The zero-order valence-corrected chi connectivity index (χ0v) is 5.40. The standard InChI is InChI=1S/C5H9NO4/c7-5-1-4(6(8)9)2-10-3-5/h4-5,7H,1-3H2/t4-,5+/m0/s1. The van der Waals surface area contributed by atoms with E-state index in [1.807, 2.05) is 0 Å². The lowest BCUT2D eigenvalue weighted by atomic mass is 10.1. The molecule has 0 aliphatic carbocycles. The first-order chi connectivity index (χ1) is 4.70. The number of nitrogens with zero attached hydrogens (tertiary/aromatic N) is 1. The Hall–Kier alpha value is -0.680. The Labute approximate surface area is 57.8 Å². The van der Waals surface area contributed by atoms with E-state index >= 15 is 0 Å². The Kier molecular flexibility index (Phi) is 2.18. The maximum atomic E-state index is 10.1. The molecule has 1 aliphatic rings. The zero-order chi connectivity index (χ0) is 7.56. The van der Waals surface area contributed by atoms with Crippen molar-refractivity contribution in [3.63, 3.8) is 0 Å². The summed E-state index contributed by atoms with van der Waals surface area (Å²) >= 11 is 0. The van der Waals surface area contributed by atoms with E-state index in [1.165, 1.54) is 0 Å². The van der Waals surface area contributed by atoms with Gasteiger partial charge in [0.05, 0.1) is 12.7 Å². The van der Waals surface area contributed by atoms with Crippen molar-refractivity contribution >= 4 is 0 Å². The summed E-state index contributed by atoms with van der Waals surface area (Å²) in [7, 11) is 0. The first-order valence-corrected chi connectivity index (χ1v) is 3.09. The summed E-state index contributed by atoms with van der Waals surface area (Å²) in [4.78, 5) is 9.70. The molecule has 0 bridgehead atoms. The number of aliphatic hydroxyl groups is 1. The molecule has 0 aromatic carbocycles. The molecule has 1 heterocycles. The number of nitro groups is 1. The topological polar surface area (TPSA) is 72.6 Å². The van der Waals surface area contributed by atoms with Gasteiger partial charge in [-0.2, -0.15) is 0 Å². The molecule has 1 rings (SSSR count). The molecule has 0 saturated carbocycles. The van der Waals surface area contributed by atoms with Gasteiger partial charge in [-0.05, 0) is 0 Å². The average Bonchev–Trinajstić information content (AvgIpc) is 1.88. The highest BCUT2D eigenvalue weighted by molar-refractivity contribution is 4.68. The molecule has 10 heavy (non-hydrogen) atoms. The van der Waals surface area contributed by atoms with E-state index in [2.05, 4.69) is 0 Å². The van der Waals surface area contributed by atoms with E-state index in [0.717, 1.165) is 0 Å². The largest absolute Gasteiger partial charge is 0.390 e. The second-order valence-corrected chi connectivity index (χ2v) is 2.37. The molecular formula is C5H9NO4. The van der Waals surface area contributed by atoms with Crippen LogP contribution in [0.3, 0.4) is 0 Å². The van der Waals surface area contributed by atoms with Crippen LogP contribution in [0.15, 0.2) is 0 Å². The molecule has 1 N–H and O–H groups in total. The quantitative estimate of drug-likeness (QED) is 0.397. The molecule has 0 unspecified atom stereocenters. The van der Waals surface area contributed by atoms with Gasteiger partial charge in [0.25, 0.3) is 0 Å². The number of ether oxygens (including phenoxy) is 1. The third kappa shape index (κ3) is 1.65. The Morgan fingerprint density at radius 2 is 2.30 bits per heavy atom. The molecule has 2 atom stereocenters. The molecule has 58 valence electrons. The third-order valence-corrected chi connectivity index (χ3v) is 1.46. The number of rotatable bonds is 1. The molecule has 1 aliphatic heterocycles. The van der Waals surface area contributed by atoms with E-state index < -0.39 is 17.1 Å². The summed E-state index contributed by atoms with van der Waals surface area (Å²) in [6.07, 6.45) is -0.448. The maximum Gasteiger partial charge on any atom is 0.238 e. The fourth-order valence-electron chi connectivity index (χ4n) is 0.937. The minimum absolute atomic E-state index is 0.129. The summed E-state index contributed by atoms with van der Waals surface area (Å²) in [5.74, 6) is 0. The summed E-state index contributed by atoms with van der Waals surface area (Å²) in [5, 5.41) is 19.0. The van der Waals surface area contributed by atoms with Crippen molar-refractivity contribution in [2.75, 3.05) is 13.2 Å². The molecule has 5 heteroatoms. The van der Waals surface area contributed by atoms with Crippen LogP contribution < -0.4 is 0 Å². The smallest absolute Gasteiger partial charge is 0.238 e. The van der Waals surface area contributed by atoms with Crippen LogP contribution >= 0.6 is 0 Å². The van der Waals surface area contributed by atoms with Crippen molar-refractivity contribution < 1.29 is 14.8 Å². The van der Waals surface area contributed by atoms with Crippen molar-refractivity contribution in [1.29, 1.82) is 0 Å². The fraction of sp³-hybridized carbons (Fsp3) is 1.00. The van der Waals surface area contributed by atoms with Gasteiger partial charge in [-0.15, -0.1) is 0 Å². The Bertz CT molecular complexity index is 138. The van der Waals surface area contributed by atoms with Gasteiger partial charge in [-0.3, -0.25) is 10.1 Å². The zero-order valence-electron chi connectivity index (χ0n) is 5.40. The molecule has 0 radical (unpaired) electrons. The van der Waals surface area contributed by atoms with E-state index in [9.17, 15) is 10.1 Å². The van der Waals surface area contributed by atoms with Gasteiger partial charge in [-0.25, -0.2) is 0 Å². The van der Waals surface area contributed by atoms with Gasteiger partial charge in [0.15, 0.2) is 0 Å². The predicted molar refractivity (Wildman–Crippen MR) is 32.2 cm³/mol. The summed E-state index contributed by atoms with van der Waals surface area (Å²) < 4.78 is 4.76. The normalized spacial score (nSPS) is 33.7. The molecule has 0 amide bonds. The second kappa shape index (κ2) is 2.94. The number of aliphatic hydroxyl groups excluding tert-OH is 1. The van der Waals surface area contributed by atoms with Crippen LogP contribution in [-0.2, 0) is 4.74 Å². The van der Waals surface area contributed by atoms with Crippen LogP contribution in [0.4, 0.5) is 0 Å². The SMILES string of the molecule is O=[N+]([O-])[C@@H]1COC[C@H](O)C1. The molecule has 5 nitrogen and oxygen atoms in total. The van der Waals surface area contributed by atoms with Gasteiger partial charge >= 0.3 is 0 Å². The van der Waals surface area contributed by atoms with Crippen LogP contribution in [0.2, 0.25) is 0 Å². The van der Waals surface area contributed by atoms with Crippen molar-refractivity contribution in [1.82, 2.24) is 0 Å². The van der Waals surface area contributed by atoms with Crippen LogP contribution in [0.1, 0.15) is 6.42 Å². The van der Waals surface area contributed by atoms with Gasteiger partial charge in [-0.1, -0.05) is 0 Å². The van der Waals surface area contributed by atoms with Crippen molar-refractivity contribution in [2.45, 2.75) is 18.6 Å². The van der Waals surface area contributed by atoms with Crippen LogP contribution in [-0.4, -0.2) is 35.4 Å². The van der Waals surface area contributed by atoms with E-state index in [4.69, 9.17) is 9.84 Å². The predicted octanol–water partition coefficient (Wildman–Crippen LogP) is -0.587. The maximum absolute atomic E-state index is 10.1. The lowest BCUT2D eigenvalue weighted by Gasteiger charge is -2.19. The average molecular weight is 147 g/mol. The molecule has 0 aromatic heterocycles. The van der Waals surface area contributed by atoms with Crippen molar-refractivity contribution in [3.05, 3.63) is 10.1 Å². The van der Waals surface area contributed by atoms with E-state index in [-0.39, 0.29) is 19.6 Å². The fourth-order valence-corrected chi connectivity index (χ4v) is 0.937. The van der Waals surface area contributed by atoms with Gasteiger partial charge in [0.2, 0.25) is 6.04 Å². The number of hydrogen-bond donors (Lipinski definition) is 1. The first-order valence-electron chi connectivity index (χ1n) is 3.09. The monoisotopic (exact) mass is 147 g/mol. The van der Waals surface area contributed by atoms with Gasteiger partial charge < -0.3 is 9.84 Å². The van der Waals surface area contributed by atoms with E-state index in [0.29, 0.717) is 0 Å². The lowest BCUT2D eigenvalue weighted by molar-refractivity contribution is -0.533. The molecule has 0 aromatic rings. The number of hydrogen-bond acceptors (Lipinski definition) is 4. The molecule has 1 saturated heterocycles. The van der Waals surface area contributed by atoms with Crippen LogP contribution in [0, 0.1) is 10.1 Å². The highest BCUT2D eigenvalue weighted by Crippen LogP contribution is 2.09. The highest BCUT2D eigenvalue weighted by atomic mass is 16.6. The Balaban J connectivity index is 2.39. The van der Waals surface area contributed by atoms with Crippen LogP contribution in [0.5, 0.6) is 0 Å². The van der Waals surface area contributed by atoms with Gasteiger partial charge in [0.1, 0.15) is 6.61 Å². The molecular weight excluding hydrogens is 138 g/mol. The molecule has 0 spiro atoms. The van der Waals surface area contributed by atoms with Crippen molar-refractivity contribution in [3.8, 4) is 0 Å². The Morgan fingerprint density at radius 1 is 1.60 bits per heavy atom. The molecule has 1 fully saturated rings. The van der Waals surface area contributed by atoms with Crippen LogP contribution in [0.25, 0.3) is 0 Å². The summed E-state index contributed by atoms with van der Waals surface area (Å²) in [5.41, 5.74) is 0. The van der Waals surface area contributed by atoms with Crippen molar-refractivity contribution in [2.24, 2.45) is 0 Å². The highest BCUT2D eigenvalue weighted by Gasteiger charge is 2.28. The summed E-state index contributed by atoms with van der Waals surface area (Å²) in [6, 6.07) is -0.719. The third-order valence-electron chi connectivity index (χ3n) is 1.46. The van der Waals surface area contributed by atoms with E-state index in [1.54, 1.807) is 0 Å². The first kappa shape index (κ1) is 7.43. The summed E-state index contributed by atoms with van der Waals surface area (Å²) in [6.45, 7) is 0.356. The van der Waals surface area contributed by atoms with Gasteiger partial charge in [0, 0.05) is 11.3 Å².